The molecule has 176 valence electrons. The summed E-state index contributed by atoms with van der Waals surface area (Å²) < 4.78 is 43.5. The van der Waals surface area contributed by atoms with E-state index < -0.39 is 33.2 Å². The van der Waals surface area contributed by atoms with Gasteiger partial charge in [-0.1, -0.05) is 6.07 Å². The molecule has 1 aromatic carbocycles. The Morgan fingerprint density at radius 1 is 1.19 bits per heavy atom. The number of hydrogen-bond donors (Lipinski definition) is 3. The van der Waals surface area contributed by atoms with Crippen molar-refractivity contribution in [1.82, 2.24) is 5.32 Å². The van der Waals surface area contributed by atoms with Crippen LogP contribution in [0.25, 0.3) is 0 Å². The standard InChI is InChI=1S/C20H26N2O9S/c1-11-9-14(23)17(20(25)31-11)13(10-16(24)22-7-8-32(21,26)27)12-5-6-15(28-2)19(30-4)18(12)29-3/h5-6,9,13,23H,7-8,10H2,1-4H3,(H,22,24)(H2,21,26,27)/t13-/m1/s1. The summed E-state index contributed by atoms with van der Waals surface area (Å²) >= 11 is 0. The number of benzene rings is 1. The number of nitrogens with one attached hydrogen (secondary N) is 1. The summed E-state index contributed by atoms with van der Waals surface area (Å²) in [6, 6.07) is 4.40. The molecule has 2 aromatic rings. The lowest BCUT2D eigenvalue weighted by Gasteiger charge is -2.22. The molecular weight excluding hydrogens is 444 g/mol. The van der Waals surface area contributed by atoms with Gasteiger partial charge in [0.25, 0.3) is 0 Å². The van der Waals surface area contributed by atoms with Gasteiger partial charge in [-0.3, -0.25) is 4.79 Å². The second-order valence-electron chi connectivity index (χ2n) is 6.84. The molecule has 11 nitrogen and oxygen atoms in total. The lowest BCUT2D eigenvalue weighted by atomic mass is 9.87. The zero-order chi connectivity index (χ0) is 24.1. The molecule has 1 atom stereocenters. The number of nitrogens with two attached hydrogens (primary N) is 1. The van der Waals surface area contributed by atoms with Crippen LogP contribution in [-0.2, 0) is 14.8 Å². The largest absolute Gasteiger partial charge is 0.507 e. The van der Waals surface area contributed by atoms with E-state index in [4.69, 9.17) is 23.8 Å². The molecule has 2 rings (SSSR count). The molecule has 12 heteroatoms. The molecule has 0 saturated carbocycles. The normalized spacial score (nSPS) is 12.2. The number of carbonyl (C=O) groups is 1. The molecule has 32 heavy (non-hydrogen) atoms. The highest BCUT2D eigenvalue weighted by Crippen LogP contribution is 2.45. The van der Waals surface area contributed by atoms with E-state index in [1.54, 1.807) is 12.1 Å². The van der Waals surface area contributed by atoms with Gasteiger partial charge in [0.2, 0.25) is 21.7 Å². The van der Waals surface area contributed by atoms with Crippen molar-refractivity contribution in [2.24, 2.45) is 5.14 Å². The number of amides is 1. The van der Waals surface area contributed by atoms with E-state index in [-0.39, 0.29) is 41.5 Å². The molecule has 0 saturated heterocycles. The first kappa shape index (κ1) is 25.0. The van der Waals surface area contributed by atoms with Crippen LogP contribution in [-0.4, -0.2) is 53.1 Å². The average Bonchev–Trinajstić information content (AvgIpc) is 2.70. The molecule has 0 aliphatic rings. The summed E-state index contributed by atoms with van der Waals surface area (Å²) in [6.45, 7) is 1.28. The van der Waals surface area contributed by atoms with E-state index in [9.17, 15) is 23.1 Å². The second-order valence-corrected chi connectivity index (χ2v) is 8.57. The Bertz CT molecular complexity index is 1140. The lowest BCUT2D eigenvalue weighted by Crippen LogP contribution is -2.33. The zero-order valence-corrected chi connectivity index (χ0v) is 18.9. The van der Waals surface area contributed by atoms with Crippen LogP contribution in [0.5, 0.6) is 23.0 Å². The van der Waals surface area contributed by atoms with Crippen molar-refractivity contribution in [2.45, 2.75) is 19.3 Å². The summed E-state index contributed by atoms with van der Waals surface area (Å²) in [6.07, 6.45) is -0.335. The molecule has 0 bridgehead atoms. The Labute approximate surface area is 185 Å². The monoisotopic (exact) mass is 470 g/mol. The predicted molar refractivity (Wildman–Crippen MR) is 115 cm³/mol. The van der Waals surface area contributed by atoms with Crippen LogP contribution in [0.3, 0.4) is 0 Å². The highest BCUT2D eigenvalue weighted by Gasteiger charge is 2.30. The highest BCUT2D eigenvalue weighted by atomic mass is 32.2. The first-order valence-corrected chi connectivity index (χ1v) is 11.1. The minimum absolute atomic E-state index is 0.164. The van der Waals surface area contributed by atoms with Crippen LogP contribution in [0, 0.1) is 6.92 Å². The number of carbonyl (C=O) groups excluding carboxylic acids is 1. The van der Waals surface area contributed by atoms with E-state index in [1.807, 2.05) is 0 Å². The average molecular weight is 471 g/mol. The number of aryl methyl sites for hydroxylation is 1. The molecular formula is C20H26N2O9S. The number of rotatable bonds is 10. The third-order valence-electron chi connectivity index (χ3n) is 4.65. The van der Waals surface area contributed by atoms with Crippen LogP contribution >= 0.6 is 0 Å². The SMILES string of the molecule is COc1ccc([C@@H](CC(=O)NCCS(N)(=O)=O)c2c(O)cc(C)oc2=O)c(OC)c1OC. The Morgan fingerprint density at radius 3 is 2.38 bits per heavy atom. The maximum absolute atomic E-state index is 12.6. The Kier molecular flexibility index (Phi) is 8.11. The minimum atomic E-state index is -3.77. The minimum Gasteiger partial charge on any atom is -0.507 e. The van der Waals surface area contributed by atoms with Crippen molar-refractivity contribution >= 4 is 15.9 Å². The molecule has 0 radical (unpaired) electrons. The maximum Gasteiger partial charge on any atom is 0.343 e. The van der Waals surface area contributed by atoms with E-state index >= 15 is 0 Å². The molecule has 0 fully saturated rings. The van der Waals surface area contributed by atoms with Gasteiger partial charge in [-0.2, -0.15) is 0 Å². The van der Waals surface area contributed by atoms with E-state index in [1.165, 1.54) is 34.3 Å². The fraction of sp³-hybridized carbons (Fsp3) is 0.400. The molecule has 0 aliphatic carbocycles. The summed E-state index contributed by atoms with van der Waals surface area (Å²) in [7, 11) is 0.446. The molecule has 1 amide bonds. The topological polar surface area (TPSA) is 167 Å². The van der Waals surface area contributed by atoms with Crippen molar-refractivity contribution in [3.63, 3.8) is 0 Å². The quantitative estimate of drug-likeness (QED) is 0.450. The number of aromatic hydroxyl groups is 1. The van der Waals surface area contributed by atoms with Gasteiger partial charge in [-0.05, 0) is 13.0 Å². The van der Waals surface area contributed by atoms with Crippen molar-refractivity contribution < 1.29 is 36.9 Å². The van der Waals surface area contributed by atoms with Gasteiger partial charge in [0.15, 0.2) is 11.5 Å². The second kappa shape index (κ2) is 10.4. The molecule has 0 spiro atoms. The van der Waals surface area contributed by atoms with Gasteiger partial charge in [0.1, 0.15) is 11.5 Å². The molecule has 0 unspecified atom stereocenters. The summed E-state index contributed by atoms with van der Waals surface area (Å²) in [5.74, 6) is -1.47. The van der Waals surface area contributed by atoms with Crippen molar-refractivity contribution in [3.05, 3.63) is 45.5 Å². The van der Waals surface area contributed by atoms with Gasteiger partial charge >= 0.3 is 5.63 Å². The van der Waals surface area contributed by atoms with Gasteiger partial charge in [0.05, 0.1) is 32.6 Å². The van der Waals surface area contributed by atoms with Crippen LogP contribution in [0.15, 0.2) is 27.4 Å². The lowest BCUT2D eigenvalue weighted by molar-refractivity contribution is -0.121. The van der Waals surface area contributed by atoms with Gasteiger partial charge in [-0.15, -0.1) is 0 Å². The molecule has 1 heterocycles. The zero-order valence-electron chi connectivity index (χ0n) is 18.1. The summed E-state index contributed by atoms with van der Waals surface area (Å²) in [4.78, 5) is 25.2. The van der Waals surface area contributed by atoms with Crippen LogP contribution in [0.4, 0.5) is 0 Å². The van der Waals surface area contributed by atoms with Gasteiger partial charge < -0.3 is 29.1 Å². The number of ether oxygens (including phenoxy) is 3. The number of sulfonamides is 1. The number of methoxy groups -OCH3 is 3. The fourth-order valence-corrected chi connectivity index (χ4v) is 3.67. The molecule has 0 aliphatic heterocycles. The first-order valence-electron chi connectivity index (χ1n) is 9.42. The van der Waals surface area contributed by atoms with E-state index in [0.29, 0.717) is 11.3 Å². The van der Waals surface area contributed by atoms with Crippen molar-refractivity contribution in [3.8, 4) is 23.0 Å². The van der Waals surface area contributed by atoms with Crippen LogP contribution in [0.1, 0.15) is 29.2 Å². The predicted octanol–water partition coefficient (Wildman–Crippen LogP) is 0.606. The summed E-state index contributed by atoms with van der Waals surface area (Å²) in [5, 5.41) is 17.9. The van der Waals surface area contributed by atoms with Crippen molar-refractivity contribution in [1.29, 1.82) is 0 Å². The van der Waals surface area contributed by atoms with E-state index in [2.05, 4.69) is 5.32 Å². The third-order valence-corrected chi connectivity index (χ3v) is 5.42. The number of primary sulfonamides is 1. The molecule has 1 aromatic heterocycles. The van der Waals surface area contributed by atoms with E-state index in [0.717, 1.165) is 0 Å². The van der Waals surface area contributed by atoms with Crippen LogP contribution < -0.4 is 30.3 Å². The fourth-order valence-electron chi connectivity index (χ4n) is 3.28. The van der Waals surface area contributed by atoms with Crippen molar-refractivity contribution in [2.75, 3.05) is 33.6 Å². The Hall–Kier alpha value is -3.25. The summed E-state index contributed by atoms with van der Waals surface area (Å²) in [5.41, 5.74) is -0.650. The highest BCUT2D eigenvalue weighted by molar-refractivity contribution is 7.89. The van der Waals surface area contributed by atoms with Crippen LogP contribution in [0.2, 0.25) is 0 Å². The smallest absolute Gasteiger partial charge is 0.343 e. The Balaban J connectivity index is 2.58. The van der Waals surface area contributed by atoms with Gasteiger partial charge in [0, 0.05) is 30.5 Å². The maximum atomic E-state index is 12.6. The first-order chi connectivity index (χ1) is 15.0. The number of hydrogen-bond acceptors (Lipinski definition) is 9. The molecule has 4 N–H and O–H groups in total. The third kappa shape index (κ3) is 5.92. The Morgan fingerprint density at radius 2 is 1.84 bits per heavy atom. The van der Waals surface area contributed by atoms with Gasteiger partial charge in [-0.25, -0.2) is 18.4 Å².